The third-order valence-corrected chi connectivity index (χ3v) is 4.00. The quantitative estimate of drug-likeness (QED) is 0.815. The predicted molar refractivity (Wildman–Crippen MR) is 79.0 cm³/mol. The van der Waals surface area contributed by atoms with Crippen LogP contribution >= 0.6 is 11.6 Å². The van der Waals surface area contributed by atoms with Crippen LogP contribution in [0.5, 0.6) is 0 Å². The number of benzene rings is 1. The van der Waals surface area contributed by atoms with Gasteiger partial charge in [0, 0.05) is 45.3 Å². The van der Waals surface area contributed by atoms with Crippen molar-refractivity contribution >= 4 is 11.6 Å². The molecule has 1 aromatic carbocycles. The Morgan fingerprint density at radius 1 is 1.40 bits per heavy atom. The first-order valence-corrected chi connectivity index (χ1v) is 7.17. The van der Waals surface area contributed by atoms with E-state index >= 15 is 0 Å². The van der Waals surface area contributed by atoms with Crippen LogP contribution in [0.15, 0.2) is 24.3 Å². The Morgan fingerprint density at radius 2 is 2.15 bits per heavy atom. The van der Waals surface area contributed by atoms with Gasteiger partial charge in [0.05, 0.1) is 5.60 Å². The largest absolute Gasteiger partial charge is 0.388 e. The molecule has 1 fully saturated rings. The third kappa shape index (κ3) is 4.17. The van der Waals surface area contributed by atoms with E-state index in [0.717, 1.165) is 18.5 Å². The van der Waals surface area contributed by atoms with Crippen molar-refractivity contribution in [3.63, 3.8) is 0 Å². The lowest BCUT2D eigenvalue weighted by Gasteiger charge is -2.25. The molecule has 2 rings (SSSR count). The molecular weight excluding hydrogens is 278 g/mol. The van der Waals surface area contributed by atoms with Crippen molar-refractivity contribution in [1.29, 1.82) is 0 Å². The second-order valence-electron chi connectivity index (χ2n) is 5.42. The summed E-state index contributed by atoms with van der Waals surface area (Å²) < 4.78 is 10.4. The fourth-order valence-corrected chi connectivity index (χ4v) is 2.94. The van der Waals surface area contributed by atoms with Crippen LogP contribution in [0.2, 0.25) is 5.02 Å². The number of hydrogen-bond acceptors (Lipinski definition) is 4. The zero-order valence-corrected chi connectivity index (χ0v) is 12.8. The first-order chi connectivity index (χ1) is 9.54. The van der Waals surface area contributed by atoms with Crippen LogP contribution in [0.4, 0.5) is 0 Å². The lowest BCUT2D eigenvalue weighted by molar-refractivity contribution is -0.115. The number of methoxy groups -OCH3 is 2. The molecule has 0 spiro atoms. The number of hydrogen-bond donors (Lipinski definition) is 1. The second-order valence-corrected chi connectivity index (χ2v) is 5.85. The molecule has 0 unspecified atom stereocenters. The van der Waals surface area contributed by atoms with Gasteiger partial charge >= 0.3 is 0 Å². The molecule has 20 heavy (non-hydrogen) atoms. The van der Waals surface area contributed by atoms with E-state index < -0.39 is 5.60 Å². The van der Waals surface area contributed by atoms with Crippen molar-refractivity contribution in [3.8, 4) is 0 Å². The molecule has 1 saturated heterocycles. The summed E-state index contributed by atoms with van der Waals surface area (Å²) in [5.74, 6) is 0. The lowest BCUT2D eigenvalue weighted by atomic mass is 9.94. The van der Waals surface area contributed by atoms with Gasteiger partial charge in [0.25, 0.3) is 0 Å². The number of aliphatic hydroxyl groups is 1. The molecule has 112 valence electrons. The zero-order chi connectivity index (χ0) is 14.6. The van der Waals surface area contributed by atoms with E-state index in [2.05, 4.69) is 4.90 Å². The molecule has 5 heteroatoms. The molecule has 1 aliphatic heterocycles. The number of ether oxygens (including phenoxy) is 2. The molecule has 0 aliphatic carbocycles. The van der Waals surface area contributed by atoms with E-state index in [1.165, 1.54) is 0 Å². The predicted octanol–water partition coefficient (Wildman–Crippen LogP) is 1.94. The summed E-state index contributed by atoms with van der Waals surface area (Å²) in [6, 6.07) is 7.67. The molecule has 0 bridgehead atoms. The number of β-amino-alcohol motifs (C(OH)–C–C–N with tert-alkyl or cyclic N) is 1. The van der Waals surface area contributed by atoms with Crippen LogP contribution < -0.4 is 0 Å². The fraction of sp³-hybridized carbons (Fsp3) is 0.600. The number of rotatable bonds is 6. The van der Waals surface area contributed by atoms with Crippen LogP contribution in [0, 0.1) is 0 Å². The Balaban J connectivity index is 1.93. The van der Waals surface area contributed by atoms with E-state index in [1.54, 1.807) is 14.2 Å². The first-order valence-electron chi connectivity index (χ1n) is 6.79. The maximum atomic E-state index is 10.7. The van der Waals surface area contributed by atoms with Crippen LogP contribution in [-0.2, 0) is 15.9 Å². The van der Waals surface area contributed by atoms with E-state index in [0.29, 0.717) is 24.5 Å². The average molecular weight is 300 g/mol. The van der Waals surface area contributed by atoms with Gasteiger partial charge in [-0.05, 0) is 24.1 Å². The summed E-state index contributed by atoms with van der Waals surface area (Å²) in [4.78, 5) is 2.17. The molecule has 4 nitrogen and oxygen atoms in total. The molecule has 1 atom stereocenters. The molecule has 1 heterocycles. The Kier molecular flexibility index (Phi) is 5.41. The highest BCUT2D eigenvalue weighted by Crippen LogP contribution is 2.26. The topological polar surface area (TPSA) is 41.9 Å². The molecule has 0 radical (unpaired) electrons. The van der Waals surface area contributed by atoms with Gasteiger partial charge in [0.2, 0.25) is 0 Å². The maximum absolute atomic E-state index is 10.7. The van der Waals surface area contributed by atoms with Gasteiger partial charge < -0.3 is 14.6 Å². The van der Waals surface area contributed by atoms with Crippen molar-refractivity contribution in [2.75, 3.05) is 33.9 Å². The summed E-state index contributed by atoms with van der Waals surface area (Å²) >= 11 is 5.99. The minimum atomic E-state index is -0.698. The normalized spacial score (nSPS) is 23.6. The average Bonchev–Trinajstić information content (AvgIpc) is 2.77. The van der Waals surface area contributed by atoms with Gasteiger partial charge in [-0.15, -0.1) is 0 Å². The summed E-state index contributed by atoms with van der Waals surface area (Å²) in [5.41, 5.74) is 0.369. The van der Waals surface area contributed by atoms with Gasteiger partial charge in [0.15, 0.2) is 6.29 Å². The van der Waals surface area contributed by atoms with E-state index in [1.807, 2.05) is 24.3 Å². The van der Waals surface area contributed by atoms with Gasteiger partial charge in [-0.3, -0.25) is 4.90 Å². The molecule has 1 aliphatic rings. The summed E-state index contributed by atoms with van der Waals surface area (Å²) in [6.07, 6.45) is 1.12. The first kappa shape index (κ1) is 15.7. The Morgan fingerprint density at radius 3 is 2.80 bits per heavy atom. The smallest absolute Gasteiger partial charge is 0.169 e. The maximum Gasteiger partial charge on any atom is 0.169 e. The highest BCUT2D eigenvalue weighted by Gasteiger charge is 2.36. The number of halogens is 1. The Bertz CT molecular complexity index is 439. The van der Waals surface area contributed by atoms with Gasteiger partial charge in [-0.2, -0.15) is 0 Å². The van der Waals surface area contributed by atoms with Crippen LogP contribution in [0.1, 0.15) is 12.0 Å². The standard InChI is InChI=1S/C15H22ClNO3/c1-19-14(20-2)10-17-7-6-15(18,11-17)9-12-4-3-5-13(16)8-12/h3-5,8,14,18H,6-7,9-11H2,1-2H3/t15-/m0/s1. The van der Waals surface area contributed by atoms with Crippen LogP contribution in [0.25, 0.3) is 0 Å². The van der Waals surface area contributed by atoms with Crippen molar-refractivity contribution in [3.05, 3.63) is 34.9 Å². The molecule has 1 aromatic rings. The Labute approximate surface area is 125 Å². The highest BCUT2D eigenvalue weighted by molar-refractivity contribution is 6.30. The van der Waals surface area contributed by atoms with Crippen molar-refractivity contribution in [2.24, 2.45) is 0 Å². The van der Waals surface area contributed by atoms with E-state index in [-0.39, 0.29) is 6.29 Å². The zero-order valence-electron chi connectivity index (χ0n) is 12.0. The summed E-state index contributed by atoms with van der Waals surface area (Å²) in [7, 11) is 3.25. The van der Waals surface area contributed by atoms with Gasteiger partial charge in [-0.1, -0.05) is 23.7 Å². The highest BCUT2D eigenvalue weighted by atomic mass is 35.5. The monoisotopic (exact) mass is 299 g/mol. The third-order valence-electron chi connectivity index (χ3n) is 3.77. The van der Waals surface area contributed by atoms with Gasteiger partial charge in [0.1, 0.15) is 0 Å². The molecule has 1 N–H and O–H groups in total. The van der Waals surface area contributed by atoms with E-state index in [4.69, 9.17) is 21.1 Å². The summed E-state index contributed by atoms with van der Waals surface area (Å²) in [6.45, 7) is 2.15. The van der Waals surface area contributed by atoms with Crippen molar-refractivity contribution in [2.45, 2.75) is 24.7 Å². The van der Waals surface area contributed by atoms with Crippen LogP contribution in [0.3, 0.4) is 0 Å². The minimum Gasteiger partial charge on any atom is -0.388 e. The fourth-order valence-electron chi connectivity index (χ4n) is 2.72. The van der Waals surface area contributed by atoms with Gasteiger partial charge in [-0.25, -0.2) is 0 Å². The molecular formula is C15H22ClNO3. The minimum absolute atomic E-state index is 0.247. The van der Waals surface area contributed by atoms with Crippen molar-refractivity contribution < 1.29 is 14.6 Å². The Hall–Kier alpha value is -0.650. The molecule has 0 amide bonds. The van der Waals surface area contributed by atoms with Crippen LogP contribution in [-0.4, -0.2) is 55.8 Å². The lowest BCUT2D eigenvalue weighted by Crippen LogP contribution is -2.38. The molecule has 0 aromatic heterocycles. The second kappa shape index (κ2) is 6.87. The van der Waals surface area contributed by atoms with E-state index in [9.17, 15) is 5.11 Å². The SMILES string of the molecule is COC(CN1CC[C@](O)(Cc2cccc(Cl)c2)C1)OC. The number of nitrogens with zero attached hydrogens (tertiary/aromatic N) is 1. The van der Waals surface area contributed by atoms with Crippen molar-refractivity contribution in [1.82, 2.24) is 4.90 Å². The number of likely N-dealkylation sites (tertiary alicyclic amines) is 1. The summed E-state index contributed by atoms with van der Waals surface area (Å²) in [5, 5.41) is 11.4. The molecule has 0 saturated carbocycles.